The molecule has 0 aliphatic carbocycles. The van der Waals surface area contributed by atoms with Crippen LogP contribution in [-0.4, -0.2) is 32.9 Å². The first-order valence-electron chi connectivity index (χ1n) is 10.7. The zero-order chi connectivity index (χ0) is 21.9. The third kappa shape index (κ3) is 3.85. The second kappa shape index (κ2) is 8.63. The first kappa shape index (κ1) is 19.9. The number of carbonyl (C=O) groups is 2. The van der Waals surface area contributed by atoms with Gasteiger partial charge in [0, 0.05) is 18.9 Å². The quantitative estimate of drug-likeness (QED) is 0.493. The van der Waals surface area contributed by atoms with Crippen LogP contribution in [0.25, 0.3) is 11.0 Å². The Bertz CT molecular complexity index is 1250. The van der Waals surface area contributed by atoms with Gasteiger partial charge in [0.2, 0.25) is 11.9 Å². The van der Waals surface area contributed by atoms with Gasteiger partial charge in [-0.2, -0.15) is 0 Å². The second-order valence-corrected chi connectivity index (χ2v) is 7.86. The first-order chi connectivity index (χ1) is 15.7. The van der Waals surface area contributed by atoms with Crippen molar-refractivity contribution in [3.8, 4) is 0 Å². The van der Waals surface area contributed by atoms with Crippen molar-refractivity contribution in [2.45, 2.75) is 25.4 Å². The van der Waals surface area contributed by atoms with Crippen molar-refractivity contribution in [3.05, 3.63) is 90.3 Å². The molecule has 7 nitrogen and oxygen atoms in total. The predicted octanol–water partition coefficient (Wildman–Crippen LogP) is 3.27. The Balaban J connectivity index is 1.36. The first-order valence-corrected chi connectivity index (χ1v) is 10.7. The molecular weight excluding hydrogens is 402 g/mol. The average molecular weight is 425 g/mol. The third-order valence-electron chi connectivity index (χ3n) is 5.70. The number of amides is 2. The Hall–Kier alpha value is -4.00. The minimum absolute atomic E-state index is 0.0739. The van der Waals surface area contributed by atoms with Crippen LogP contribution in [0, 0.1) is 0 Å². The number of nitrogens with one attached hydrogen (secondary N) is 1. The molecule has 0 radical (unpaired) electrons. The molecule has 32 heavy (non-hydrogen) atoms. The van der Waals surface area contributed by atoms with Gasteiger partial charge in [-0.15, -0.1) is 0 Å². The van der Waals surface area contributed by atoms with E-state index in [0.29, 0.717) is 19.0 Å². The smallest absolute Gasteiger partial charge is 0.253 e. The second-order valence-electron chi connectivity index (χ2n) is 7.86. The van der Waals surface area contributed by atoms with Gasteiger partial charge in [0.1, 0.15) is 6.04 Å². The molecule has 1 atom stereocenters. The van der Waals surface area contributed by atoms with E-state index in [4.69, 9.17) is 4.98 Å². The van der Waals surface area contributed by atoms with Crippen LogP contribution in [0.4, 0.5) is 5.95 Å². The standard InChI is InChI=1S/C25H23N5O2/c31-23(27-14-12-18-7-2-1-3-8-18)15-22-24(32)29(17-19-9-6-13-26-16-19)25-28-20-10-4-5-11-21(20)30(22)25/h1-11,13,16,22H,12,14-15,17H2,(H,27,31). The molecule has 0 spiro atoms. The van der Waals surface area contributed by atoms with Gasteiger partial charge < -0.3 is 5.32 Å². The van der Waals surface area contributed by atoms with Crippen LogP contribution >= 0.6 is 0 Å². The van der Waals surface area contributed by atoms with Crippen molar-refractivity contribution in [2.24, 2.45) is 0 Å². The summed E-state index contributed by atoms with van der Waals surface area (Å²) in [6.07, 6.45) is 4.26. The molecular formula is C25H23N5O2. The van der Waals surface area contributed by atoms with Gasteiger partial charge in [-0.25, -0.2) is 4.98 Å². The van der Waals surface area contributed by atoms with Gasteiger partial charge in [-0.3, -0.25) is 24.0 Å². The Morgan fingerprint density at radius 1 is 0.969 bits per heavy atom. The predicted molar refractivity (Wildman–Crippen MR) is 122 cm³/mol. The summed E-state index contributed by atoms with van der Waals surface area (Å²) in [6.45, 7) is 0.892. The summed E-state index contributed by atoms with van der Waals surface area (Å²) in [7, 11) is 0. The van der Waals surface area contributed by atoms with Crippen molar-refractivity contribution in [3.63, 3.8) is 0 Å². The molecule has 1 aliphatic heterocycles. The van der Waals surface area contributed by atoms with Crippen LogP contribution in [0.15, 0.2) is 79.1 Å². The summed E-state index contributed by atoms with van der Waals surface area (Å²) in [5, 5.41) is 2.96. The molecule has 5 rings (SSSR count). The SMILES string of the molecule is O=C(CC1C(=O)N(Cc2cccnc2)c2nc3ccccc3n21)NCCc1ccccc1. The maximum Gasteiger partial charge on any atom is 0.253 e. The van der Waals surface area contributed by atoms with Gasteiger partial charge in [0.25, 0.3) is 5.91 Å². The maximum absolute atomic E-state index is 13.4. The number of pyridine rings is 1. The minimum Gasteiger partial charge on any atom is -0.356 e. The van der Waals surface area contributed by atoms with Gasteiger partial charge in [-0.1, -0.05) is 48.5 Å². The highest BCUT2D eigenvalue weighted by Crippen LogP contribution is 2.37. The highest BCUT2D eigenvalue weighted by Gasteiger charge is 2.40. The van der Waals surface area contributed by atoms with E-state index in [1.807, 2.05) is 71.3 Å². The van der Waals surface area contributed by atoms with Crippen molar-refractivity contribution in [1.29, 1.82) is 0 Å². The van der Waals surface area contributed by atoms with Crippen molar-refractivity contribution in [1.82, 2.24) is 19.9 Å². The van der Waals surface area contributed by atoms with Crippen LogP contribution in [0.1, 0.15) is 23.6 Å². The molecule has 2 aromatic carbocycles. The number of fused-ring (bicyclic) bond motifs is 3. The van der Waals surface area contributed by atoms with Crippen LogP contribution in [0.2, 0.25) is 0 Å². The maximum atomic E-state index is 13.4. The Kier molecular flexibility index (Phi) is 5.37. The fourth-order valence-electron chi connectivity index (χ4n) is 4.16. The lowest BCUT2D eigenvalue weighted by atomic mass is 10.1. The zero-order valence-electron chi connectivity index (χ0n) is 17.5. The number of imidazole rings is 1. The van der Waals surface area contributed by atoms with Crippen molar-refractivity contribution < 1.29 is 9.59 Å². The Morgan fingerprint density at radius 3 is 2.56 bits per heavy atom. The monoisotopic (exact) mass is 425 g/mol. The lowest BCUT2D eigenvalue weighted by molar-refractivity contribution is -0.127. The van der Waals surface area contributed by atoms with E-state index in [9.17, 15) is 9.59 Å². The minimum atomic E-state index is -0.620. The lowest BCUT2D eigenvalue weighted by Gasteiger charge is -2.16. The molecule has 2 amide bonds. The summed E-state index contributed by atoms with van der Waals surface area (Å²) in [5.74, 6) is 0.300. The third-order valence-corrected chi connectivity index (χ3v) is 5.70. The van der Waals surface area contributed by atoms with Gasteiger partial charge >= 0.3 is 0 Å². The molecule has 1 aliphatic rings. The fraction of sp³-hybridized carbons (Fsp3) is 0.200. The van der Waals surface area contributed by atoms with Crippen LogP contribution in [-0.2, 0) is 22.6 Å². The molecule has 3 heterocycles. The molecule has 0 saturated carbocycles. The van der Waals surface area contributed by atoms with E-state index in [1.54, 1.807) is 17.3 Å². The van der Waals surface area contributed by atoms with E-state index in [1.165, 1.54) is 0 Å². The molecule has 1 unspecified atom stereocenters. The molecule has 160 valence electrons. The summed E-state index contributed by atoms with van der Waals surface area (Å²) in [6, 6.07) is 20.9. The van der Waals surface area contributed by atoms with E-state index in [2.05, 4.69) is 10.3 Å². The fourth-order valence-corrected chi connectivity index (χ4v) is 4.16. The Morgan fingerprint density at radius 2 is 1.75 bits per heavy atom. The Labute approximate surface area is 185 Å². The van der Waals surface area contributed by atoms with E-state index >= 15 is 0 Å². The largest absolute Gasteiger partial charge is 0.356 e. The number of rotatable bonds is 7. The number of para-hydroxylation sites is 2. The summed E-state index contributed by atoms with van der Waals surface area (Å²) >= 11 is 0. The van der Waals surface area contributed by atoms with E-state index in [0.717, 1.165) is 28.6 Å². The molecule has 4 aromatic rings. The molecule has 2 aromatic heterocycles. The van der Waals surface area contributed by atoms with Crippen molar-refractivity contribution in [2.75, 3.05) is 11.4 Å². The summed E-state index contributed by atoms with van der Waals surface area (Å²) in [5.41, 5.74) is 3.73. The summed E-state index contributed by atoms with van der Waals surface area (Å²) < 4.78 is 1.89. The highest BCUT2D eigenvalue weighted by atomic mass is 16.2. The van der Waals surface area contributed by atoms with E-state index in [-0.39, 0.29) is 18.2 Å². The molecule has 0 fully saturated rings. The number of hydrogen-bond donors (Lipinski definition) is 1. The molecule has 0 bridgehead atoms. The zero-order valence-corrected chi connectivity index (χ0v) is 17.5. The average Bonchev–Trinajstić information content (AvgIpc) is 3.31. The van der Waals surface area contributed by atoms with Crippen molar-refractivity contribution >= 4 is 28.8 Å². The van der Waals surface area contributed by atoms with Crippen LogP contribution in [0.3, 0.4) is 0 Å². The topological polar surface area (TPSA) is 80.1 Å². The number of nitrogens with zero attached hydrogens (tertiary/aromatic N) is 4. The van der Waals surface area contributed by atoms with Gasteiger partial charge in [0.05, 0.1) is 24.0 Å². The molecule has 1 N–H and O–H groups in total. The van der Waals surface area contributed by atoms with Gasteiger partial charge in [-0.05, 0) is 35.7 Å². The highest BCUT2D eigenvalue weighted by molar-refractivity contribution is 6.03. The van der Waals surface area contributed by atoms with Crippen LogP contribution < -0.4 is 10.2 Å². The number of aromatic nitrogens is 3. The number of hydrogen-bond acceptors (Lipinski definition) is 4. The number of anilines is 1. The van der Waals surface area contributed by atoms with E-state index < -0.39 is 6.04 Å². The number of benzene rings is 2. The number of carbonyl (C=O) groups excluding carboxylic acids is 2. The molecule has 0 saturated heterocycles. The lowest BCUT2D eigenvalue weighted by Crippen LogP contribution is -2.33. The summed E-state index contributed by atoms with van der Waals surface area (Å²) in [4.78, 5) is 36.6. The van der Waals surface area contributed by atoms with Crippen LogP contribution in [0.5, 0.6) is 0 Å². The molecule has 7 heteroatoms. The van der Waals surface area contributed by atoms with Gasteiger partial charge in [0.15, 0.2) is 0 Å². The normalized spacial score (nSPS) is 15.2.